The minimum Gasteiger partial charge on any atom is -0.471 e. The zero-order chi connectivity index (χ0) is 22.3. The van der Waals surface area contributed by atoms with Crippen molar-refractivity contribution >= 4 is 23.1 Å². The van der Waals surface area contributed by atoms with E-state index >= 15 is 0 Å². The standard InChI is InChI=1S/C23H29N7O2/c1-4-7-28-9-11-29(12-10-28)20-18(13-16-14-23(2,3)32-22(16)27-20)26-21(31)17-15-25-30-8-5-6-24-19(17)30/h5-6,8,13,15H,4,7,9-12,14H2,1-3H3,(H,26,31). The average molecular weight is 436 g/mol. The zero-order valence-corrected chi connectivity index (χ0v) is 18.8. The summed E-state index contributed by atoms with van der Waals surface area (Å²) in [6.07, 6.45) is 6.88. The van der Waals surface area contributed by atoms with E-state index in [0.29, 0.717) is 22.8 Å². The van der Waals surface area contributed by atoms with Crippen molar-refractivity contribution in [2.75, 3.05) is 42.9 Å². The lowest BCUT2D eigenvalue weighted by atomic mass is 10.0. The normalized spacial score (nSPS) is 17.9. The molecule has 1 amide bonds. The number of carbonyl (C=O) groups is 1. The van der Waals surface area contributed by atoms with Crippen LogP contribution in [0, 0.1) is 0 Å². The molecule has 5 heterocycles. The van der Waals surface area contributed by atoms with E-state index in [2.05, 4.69) is 46.0 Å². The maximum Gasteiger partial charge on any atom is 0.261 e. The molecule has 3 aromatic heterocycles. The average Bonchev–Trinajstić information content (AvgIpc) is 3.33. The zero-order valence-electron chi connectivity index (χ0n) is 18.8. The Labute approximate surface area is 187 Å². The van der Waals surface area contributed by atoms with Crippen molar-refractivity contribution in [2.45, 2.75) is 39.2 Å². The van der Waals surface area contributed by atoms with E-state index in [-0.39, 0.29) is 11.5 Å². The van der Waals surface area contributed by atoms with Crippen LogP contribution in [0.4, 0.5) is 11.5 Å². The van der Waals surface area contributed by atoms with Gasteiger partial charge in [-0.25, -0.2) is 9.50 Å². The molecule has 32 heavy (non-hydrogen) atoms. The first-order valence-corrected chi connectivity index (χ1v) is 11.2. The molecular formula is C23H29N7O2. The lowest BCUT2D eigenvalue weighted by Gasteiger charge is -2.36. The third-order valence-electron chi connectivity index (χ3n) is 6.01. The van der Waals surface area contributed by atoms with Crippen LogP contribution in [0.25, 0.3) is 5.65 Å². The first-order valence-electron chi connectivity index (χ1n) is 11.2. The molecule has 1 fully saturated rings. The SMILES string of the molecule is CCCN1CCN(c2nc3c(cc2NC(=O)c2cnn4cccnc24)CC(C)(C)O3)CC1. The summed E-state index contributed by atoms with van der Waals surface area (Å²) in [6, 6.07) is 3.80. The Morgan fingerprint density at radius 3 is 2.84 bits per heavy atom. The van der Waals surface area contributed by atoms with Crippen molar-refractivity contribution in [3.8, 4) is 5.88 Å². The third kappa shape index (κ3) is 3.88. The first kappa shape index (κ1) is 20.7. The second-order valence-electron chi connectivity index (χ2n) is 9.09. The Bertz CT molecular complexity index is 1150. The van der Waals surface area contributed by atoms with Crippen LogP contribution in [0.15, 0.2) is 30.7 Å². The van der Waals surface area contributed by atoms with E-state index < -0.39 is 0 Å². The fourth-order valence-corrected chi connectivity index (χ4v) is 4.51. The van der Waals surface area contributed by atoms with Gasteiger partial charge in [-0.05, 0) is 38.9 Å². The molecule has 0 spiro atoms. The highest BCUT2D eigenvalue weighted by Gasteiger charge is 2.34. The number of pyridine rings is 1. The van der Waals surface area contributed by atoms with E-state index in [0.717, 1.165) is 56.9 Å². The van der Waals surface area contributed by atoms with Gasteiger partial charge in [-0.1, -0.05) is 6.92 Å². The molecule has 0 unspecified atom stereocenters. The third-order valence-corrected chi connectivity index (χ3v) is 6.01. The van der Waals surface area contributed by atoms with Gasteiger partial charge in [-0.15, -0.1) is 0 Å². The molecule has 2 aliphatic heterocycles. The number of fused-ring (bicyclic) bond motifs is 2. The van der Waals surface area contributed by atoms with E-state index in [1.807, 2.05) is 6.07 Å². The highest BCUT2D eigenvalue weighted by Crippen LogP contribution is 2.39. The van der Waals surface area contributed by atoms with Gasteiger partial charge >= 0.3 is 0 Å². The smallest absolute Gasteiger partial charge is 0.261 e. The summed E-state index contributed by atoms with van der Waals surface area (Å²) in [5.41, 5.74) is 2.37. The van der Waals surface area contributed by atoms with Gasteiger partial charge in [-0.3, -0.25) is 9.69 Å². The van der Waals surface area contributed by atoms with Gasteiger partial charge in [0.15, 0.2) is 11.5 Å². The number of aromatic nitrogens is 4. The van der Waals surface area contributed by atoms with Gasteiger partial charge in [0, 0.05) is 50.6 Å². The van der Waals surface area contributed by atoms with Crippen molar-refractivity contribution < 1.29 is 9.53 Å². The van der Waals surface area contributed by atoms with Crippen LogP contribution in [0.2, 0.25) is 0 Å². The summed E-state index contributed by atoms with van der Waals surface area (Å²) in [4.78, 5) is 27.1. The molecule has 0 bridgehead atoms. The summed E-state index contributed by atoms with van der Waals surface area (Å²) in [6.45, 7) is 11.1. The molecule has 9 nitrogen and oxygen atoms in total. The van der Waals surface area contributed by atoms with Gasteiger partial charge in [0.2, 0.25) is 5.88 Å². The molecule has 0 aromatic carbocycles. The largest absolute Gasteiger partial charge is 0.471 e. The van der Waals surface area contributed by atoms with Crippen molar-refractivity contribution in [3.05, 3.63) is 41.9 Å². The molecule has 5 rings (SSSR count). The Morgan fingerprint density at radius 1 is 1.25 bits per heavy atom. The number of nitrogens with zero attached hydrogens (tertiary/aromatic N) is 6. The van der Waals surface area contributed by atoms with Crippen LogP contribution < -0.4 is 15.0 Å². The lowest BCUT2D eigenvalue weighted by Crippen LogP contribution is -2.47. The number of hydrogen-bond donors (Lipinski definition) is 1. The molecular weight excluding hydrogens is 406 g/mol. The Morgan fingerprint density at radius 2 is 2.06 bits per heavy atom. The monoisotopic (exact) mass is 435 g/mol. The number of anilines is 2. The molecule has 2 aliphatic rings. The van der Waals surface area contributed by atoms with Crippen LogP contribution in [0.5, 0.6) is 5.88 Å². The maximum absolute atomic E-state index is 13.2. The van der Waals surface area contributed by atoms with Gasteiger partial charge < -0.3 is 15.0 Å². The quantitative estimate of drug-likeness (QED) is 0.659. The fraction of sp³-hybridized carbons (Fsp3) is 0.478. The topological polar surface area (TPSA) is 87.9 Å². The van der Waals surface area contributed by atoms with Gasteiger partial charge in [0.1, 0.15) is 11.2 Å². The van der Waals surface area contributed by atoms with Crippen molar-refractivity contribution in [1.82, 2.24) is 24.5 Å². The van der Waals surface area contributed by atoms with Crippen LogP contribution in [-0.4, -0.2) is 68.7 Å². The van der Waals surface area contributed by atoms with E-state index in [1.165, 1.54) is 0 Å². The van der Waals surface area contributed by atoms with Crippen LogP contribution in [0.1, 0.15) is 43.1 Å². The van der Waals surface area contributed by atoms with E-state index in [1.54, 1.807) is 29.2 Å². The molecule has 0 aliphatic carbocycles. The summed E-state index contributed by atoms with van der Waals surface area (Å²) >= 11 is 0. The number of piperazine rings is 1. The molecule has 9 heteroatoms. The van der Waals surface area contributed by atoms with E-state index in [9.17, 15) is 4.79 Å². The van der Waals surface area contributed by atoms with Crippen LogP contribution in [0.3, 0.4) is 0 Å². The van der Waals surface area contributed by atoms with Crippen LogP contribution in [-0.2, 0) is 6.42 Å². The fourth-order valence-electron chi connectivity index (χ4n) is 4.51. The molecule has 168 valence electrons. The van der Waals surface area contributed by atoms with Crippen molar-refractivity contribution in [3.63, 3.8) is 0 Å². The van der Waals surface area contributed by atoms with Gasteiger partial charge in [0.05, 0.1) is 11.9 Å². The highest BCUT2D eigenvalue weighted by atomic mass is 16.5. The molecule has 0 saturated carbocycles. The molecule has 0 atom stereocenters. The maximum atomic E-state index is 13.2. The summed E-state index contributed by atoms with van der Waals surface area (Å²) in [7, 11) is 0. The van der Waals surface area contributed by atoms with Gasteiger partial charge in [0.25, 0.3) is 5.91 Å². The molecule has 1 N–H and O–H groups in total. The predicted octanol–water partition coefficient (Wildman–Crippen LogP) is 2.62. The highest BCUT2D eigenvalue weighted by molar-refractivity contribution is 6.09. The van der Waals surface area contributed by atoms with Gasteiger partial charge in [-0.2, -0.15) is 10.1 Å². The Hall–Kier alpha value is -3.20. The minimum absolute atomic E-state index is 0.246. The molecule has 3 aromatic rings. The molecule has 1 saturated heterocycles. The number of nitrogens with one attached hydrogen (secondary N) is 1. The second-order valence-corrected chi connectivity index (χ2v) is 9.09. The number of rotatable bonds is 5. The van der Waals surface area contributed by atoms with Crippen molar-refractivity contribution in [2.24, 2.45) is 0 Å². The minimum atomic E-state index is -0.304. The Balaban J connectivity index is 1.46. The second kappa shape index (κ2) is 8.05. The summed E-state index contributed by atoms with van der Waals surface area (Å²) < 4.78 is 7.69. The number of carbonyl (C=O) groups excluding carboxylic acids is 1. The summed E-state index contributed by atoms with van der Waals surface area (Å²) in [5.74, 6) is 1.18. The number of hydrogen-bond acceptors (Lipinski definition) is 7. The first-order chi connectivity index (χ1) is 15.4. The number of ether oxygens (including phenoxy) is 1. The van der Waals surface area contributed by atoms with Crippen molar-refractivity contribution in [1.29, 1.82) is 0 Å². The number of amides is 1. The molecule has 0 radical (unpaired) electrons. The summed E-state index contributed by atoms with van der Waals surface area (Å²) in [5, 5.41) is 7.33. The Kier molecular flexibility index (Phi) is 5.21. The van der Waals surface area contributed by atoms with E-state index in [4.69, 9.17) is 9.72 Å². The lowest BCUT2D eigenvalue weighted by molar-refractivity contribution is 0.102. The predicted molar refractivity (Wildman–Crippen MR) is 123 cm³/mol. The van der Waals surface area contributed by atoms with Crippen LogP contribution >= 0.6 is 0 Å².